The fourth-order valence-electron chi connectivity index (χ4n) is 3.06. The van der Waals surface area contributed by atoms with Gasteiger partial charge in [0, 0.05) is 23.8 Å². The minimum Gasteiger partial charge on any atom is -0.481 e. The molecule has 1 amide bonds. The lowest BCUT2D eigenvalue weighted by atomic mass is 10.1. The van der Waals surface area contributed by atoms with Gasteiger partial charge >= 0.3 is 11.9 Å². The summed E-state index contributed by atoms with van der Waals surface area (Å²) >= 11 is 1.55. The van der Waals surface area contributed by atoms with Crippen molar-refractivity contribution in [2.24, 2.45) is 0 Å². The van der Waals surface area contributed by atoms with Gasteiger partial charge in [0.2, 0.25) is 5.91 Å². The molecule has 0 fully saturated rings. The van der Waals surface area contributed by atoms with Crippen LogP contribution in [0.25, 0.3) is 0 Å². The zero-order valence-corrected chi connectivity index (χ0v) is 19.4. The van der Waals surface area contributed by atoms with Crippen LogP contribution >= 0.6 is 11.8 Å². The summed E-state index contributed by atoms with van der Waals surface area (Å²) in [7, 11) is 0. The summed E-state index contributed by atoms with van der Waals surface area (Å²) in [6.07, 6.45) is 19.1. The van der Waals surface area contributed by atoms with Crippen LogP contribution in [0.2, 0.25) is 0 Å². The molecular formula is C23H41NO5S. The van der Waals surface area contributed by atoms with Crippen LogP contribution < -0.4 is 5.32 Å². The third-order valence-electron chi connectivity index (χ3n) is 4.82. The van der Waals surface area contributed by atoms with Gasteiger partial charge in [-0.15, -0.1) is 0 Å². The van der Waals surface area contributed by atoms with Crippen LogP contribution in [0, 0.1) is 0 Å². The maximum Gasteiger partial charge on any atom is 0.322 e. The molecule has 0 aromatic rings. The average Bonchev–Trinajstić information content (AvgIpc) is 2.70. The molecule has 0 aromatic heterocycles. The summed E-state index contributed by atoms with van der Waals surface area (Å²) in [5, 5.41) is 19.9. The van der Waals surface area contributed by atoms with Gasteiger partial charge in [0.15, 0.2) is 0 Å². The molecule has 0 bridgehead atoms. The number of allylic oxidation sites excluding steroid dienone is 1. The van der Waals surface area contributed by atoms with Crippen LogP contribution in [0.5, 0.6) is 0 Å². The third-order valence-corrected chi connectivity index (χ3v) is 6.08. The van der Waals surface area contributed by atoms with E-state index in [2.05, 4.69) is 24.4 Å². The maximum atomic E-state index is 11.6. The highest BCUT2D eigenvalue weighted by Crippen LogP contribution is 2.20. The molecule has 0 saturated heterocycles. The number of carboxylic acids is 2. The SMILES string of the molecule is CCCCCCCCCCCCC=CC(CCC(=O)O)SCCC(=O)NCC(=O)O. The van der Waals surface area contributed by atoms with E-state index in [1.54, 1.807) is 11.8 Å². The second-order valence-corrected chi connectivity index (χ2v) is 9.01. The van der Waals surface area contributed by atoms with Gasteiger partial charge in [-0.2, -0.15) is 11.8 Å². The van der Waals surface area contributed by atoms with E-state index in [1.807, 2.05) is 0 Å². The molecule has 30 heavy (non-hydrogen) atoms. The van der Waals surface area contributed by atoms with Crippen LogP contribution in [0.15, 0.2) is 12.2 Å². The summed E-state index contributed by atoms with van der Waals surface area (Å²) in [4.78, 5) is 32.9. The monoisotopic (exact) mass is 443 g/mol. The smallest absolute Gasteiger partial charge is 0.322 e. The van der Waals surface area contributed by atoms with Crippen molar-refractivity contribution in [3.8, 4) is 0 Å². The summed E-state index contributed by atoms with van der Waals surface area (Å²) in [5.41, 5.74) is 0. The highest BCUT2D eigenvalue weighted by Gasteiger charge is 2.10. The van der Waals surface area contributed by atoms with E-state index in [0.717, 1.165) is 12.8 Å². The molecule has 0 spiro atoms. The van der Waals surface area contributed by atoms with E-state index in [-0.39, 0.29) is 30.5 Å². The lowest BCUT2D eigenvalue weighted by Crippen LogP contribution is -2.29. The van der Waals surface area contributed by atoms with Gasteiger partial charge < -0.3 is 15.5 Å². The van der Waals surface area contributed by atoms with Crippen molar-refractivity contribution in [1.29, 1.82) is 0 Å². The Labute approximate surface area is 186 Å². The van der Waals surface area contributed by atoms with Crippen LogP contribution in [0.4, 0.5) is 0 Å². The molecule has 0 heterocycles. The zero-order valence-electron chi connectivity index (χ0n) is 18.6. The first kappa shape index (κ1) is 28.5. The number of hydrogen-bond donors (Lipinski definition) is 3. The highest BCUT2D eigenvalue weighted by molar-refractivity contribution is 8.00. The van der Waals surface area contributed by atoms with Gasteiger partial charge in [0.1, 0.15) is 6.54 Å². The Hall–Kier alpha value is -1.50. The summed E-state index contributed by atoms with van der Waals surface area (Å²) in [6.45, 7) is 1.87. The molecule has 0 saturated carbocycles. The van der Waals surface area contributed by atoms with Crippen LogP contribution in [0.3, 0.4) is 0 Å². The first-order valence-corrected chi connectivity index (χ1v) is 12.5. The molecule has 0 radical (unpaired) electrons. The quantitative estimate of drug-likeness (QED) is 0.162. The van der Waals surface area contributed by atoms with Crippen molar-refractivity contribution < 1.29 is 24.6 Å². The Kier molecular flexibility index (Phi) is 19.7. The van der Waals surface area contributed by atoms with Crippen molar-refractivity contribution >= 4 is 29.6 Å². The summed E-state index contributed by atoms with van der Waals surface area (Å²) in [5.74, 6) is -1.64. The number of rotatable bonds is 21. The minimum atomic E-state index is -1.06. The van der Waals surface area contributed by atoms with E-state index in [1.165, 1.54) is 57.8 Å². The molecule has 3 N–H and O–H groups in total. The Morgan fingerprint density at radius 2 is 1.47 bits per heavy atom. The fourth-order valence-corrected chi connectivity index (χ4v) is 4.18. The molecule has 6 nitrogen and oxygen atoms in total. The average molecular weight is 444 g/mol. The van der Waals surface area contributed by atoms with Crippen LogP contribution in [-0.2, 0) is 14.4 Å². The molecule has 0 aliphatic carbocycles. The summed E-state index contributed by atoms with van der Waals surface area (Å²) < 4.78 is 0. The number of amides is 1. The second kappa shape index (κ2) is 20.8. The number of carbonyl (C=O) groups is 3. The second-order valence-electron chi connectivity index (χ2n) is 7.66. The normalized spacial score (nSPS) is 12.2. The molecule has 0 aromatic carbocycles. The first-order chi connectivity index (χ1) is 14.5. The van der Waals surface area contributed by atoms with Crippen molar-refractivity contribution in [2.45, 2.75) is 102 Å². The lowest BCUT2D eigenvalue weighted by molar-refractivity contribution is -0.138. The number of hydrogen-bond acceptors (Lipinski definition) is 4. The van der Waals surface area contributed by atoms with E-state index in [9.17, 15) is 14.4 Å². The zero-order chi connectivity index (χ0) is 22.5. The Morgan fingerprint density at radius 3 is 2.03 bits per heavy atom. The summed E-state index contributed by atoms with van der Waals surface area (Å²) in [6, 6.07) is 0. The molecule has 0 rings (SSSR count). The largest absolute Gasteiger partial charge is 0.481 e. The highest BCUT2D eigenvalue weighted by atomic mass is 32.2. The van der Waals surface area contributed by atoms with E-state index >= 15 is 0 Å². The predicted octanol–water partition coefficient (Wildman–Crippen LogP) is 5.41. The van der Waals surface area contributed by atoms with E-state index in [4.69, 9.17) is 10.2 Å². The van der Waals surface area contributed by atoms with Gasteiger partial charge in [-0.05, 0) is 19.3 Å². The number of nitrogens with one attached hydrogen (secondary N) is 1. The fraction of sp³-hybridized carbons (Fsp3) is 0.783. The van der Waals surface area contributed by atoms with Gasteiger partial charge in [-0.1, -0.05) is 76.9 Å². The number of unbranched alkanes of at least 4 members (excludes halogenated alkanes) is 10. The molecule has 174 valence electrons. The van der Waals surface area contributed by atoms with Crippen LogP contribution in [-0.4, -0.2) is 45.6 Å². The Balaban J connectivity index is 3.92. The lowest BCUT2D eigenvalue weighted by Gasteiger charge is -2.11. The van der Waals surface area contributed by atoms with Gasteiger partial charge in [0.25, 0.3) is 0 Å². The van der Waals surface area contributed by atoms with Gasteiger partial charge in [0.05, 0.1) is 0 Å². The van der Waals surface area contributed by atoms with Crippen molar-refractivity contribution in [3.05, 3.63) is 12.2 Å². The number of carbonyl (C=O) groups excluding carboxylic acids is 1. The van der Waals surface area contributed by atoms with E-state index < -0.39 is 11.9 Å². The molecule has 0 aliphatic heterocycles. The molecule has 7 heteroatoms. The number of thioether (sulfide) groups is 1. The van der Waals surface area contributed by atoms with Crippen molar-refractivity contribution in [1.82, 2.24) is 5.32 Å². The van der Waals surface area contributed by atoms with Gasteiger partial charge in [-0.3, -0.25) is 14.4 Å². The Bertz CT molecular complexity index is 496. The van der Waals surface area contributed by atoms with E-state index in [0.29, 0.717) is 12.2 Å². The maximum absolute atomic E-state index is 11.6. The Morgan fingerprint density at radius 1 is 0.867 bits per heavy atom. The number of aliphatic carboxylic acids is 2. The first-order valence-electron chi connectivity index (χ1n) is 11.4. The van der Waals surface area contributed by atoms with Gasteiger partial charge in [-0.25, -0.2) is 0 Å². The molecule has 0 aliphatic rings. The molecule has 1 atom stereocenters. The standard InChI is InChI=1S/C23H41NO5S/c1-2-3-4-5-6-7-8-9-10-11-12-13-14-20(15-16-22(26)27)30-18-17-21(25)24-19-23(28)29/h13-14,20H,2-12,15-19H2,1H3,(H,24,25)(H,26,27)(H,28,29). The number of carboxylic acid groups (broad SMARTS) is 2. The molecule has 1 unspecified atom stereocenters. The third kappa shape index (κ3) is 21.2. The van der Waals surface area contributed by atoms with Crippen molar-refractivity contribution in [3.63, 3.8) is 0 Å². The minimum absolute atomic E-state index is 0.0662. The predicted molar refractivity (Wildman–Crippen MR) is 124 cm³/mol. The van der Waals surface area contributed by atoms with Crippen molar-refractivity contribution in [2.75, 3.05) is 12.3 Å². The van der Waals surface area contributed by atoms with Crippen LogP contribution in [0.1, 0.15) is 96.8 Å². The molecular weight excluding hydrogens is 402 g/mol. The topological polar surface area (TPSA) is 104 Å².